The second-order valence-electron chi connectivity index (χ2n) is 6.02. The van der Waals surface area contributed by atoms with E-state index in [0.29, 0.717) is 6.54 Å². The van der Waals surface area contributed by atoms with E-state index in [1.165, 1.54) is 0 Å². The van der Waals surface area contributed by atoms with Gasteiger partial charge in [-0.25, -0.2) is 0 Å². The molecule has 0 aliphatic heterocycles. The number of benzene rings is 1. The lowest BCUT2D eigenvalue weighted by Gasteiger charge is -2.24. The molecule has 4 heteroatoms. The van der Waals surface area contributed by atoms with Crippen molar-refractivity contribution in [3.63, 3.8) is 0 Å². The van der Waals surface area contributed by atoms with Gasteiger partial charge in [-0.05, 0) is 42.5 Å². The van der Waals surface area contributed by atoms with Crippen LogP contribution in [0.15, 0.2) is 18.2 Å². The second-order valence-corrected chi connectivity index (χ2v) is 6.43. The fourth-order valence-corrected chi connectivity index (χ4v) is 1.78. The van der Waals surface area contributed by atoms with Gasteiger partial charge in [0.1, 0.15) is 18.5 Å². The summed E-state index contributed by atoms with van der Waals surface area (Å²) in [5.74, 6) is 0.736. The van der Waals surface area contributed by atoms with E-state index < -0.39 is 6.10 Å². The molecule has 0 saturated carbocycles. The minimum atomic E-state index is -0.515. The number of halogens is 1. The first kappa shape index (κ1) is 17.3. The molecule has 0 aromatic heterocycles. The largest absolute Gasteiger partial charge is 0.491 e. The van der Waals surface area contributed by atoms with Gasteiger partial charge in [0, 0.05) is 18.1 Å². The minimum Gasteiger partial charge on any atom is -0.491 e. The molecular formula is C16H26ClNO2. The van der Waals surface area contributed by atoms with Gasteiger partial charge in [-0.3, -0.25) is 0 Å². The Balaban J connectivity index is 2.29. The van der Waals surface area contributed by atoms with Gasteiger partial charge in [-0.15, -0.1) is 0 Å². The average molecular weight is 300 g/mol. The molecule has 1 aromatic rings. The highest BCUT2D eigenvalue weighted by Crippen LogP contribution is 2.21. The van der Waals surface area contributed by atoms with Gasteiger partial charge in [0.15, 0.2) is 0 Å². The molecule has 1 aromatic carbocycles. The summed E-state index contributed by atoms with van der Waals surface area (Å²) in [5.41, 5.74) is 1.23. The zero-order chi connectivity index (χ0) is 15.2. The van der Waals surface area contributed by atoms with Crippen LogP contribution in [-0.4, -0.2) is 30.9 Å². The number of hydrogen-bond acceptors (Lipinski definition) is 3. The van der Waals surface area contributed by atoms with Crippen molar-refractivity contribution in [2.45, 2.75) is 40.2 Å². The number of rotatable bonds is 8. The van der Waals surface area contributed by atoms with E-state index in [9.17, 15) is 5.11 Å². The van der Waals surface area contributed by atoms with E-state index >= 15 is 0 Å². The highest BCUT2D eigenvalue weighted by atomic mass is 35.5. The van der Waals surface area contributed by atoms with Crippen LogP contribution < -0.4 is 10.1 Å². The maximum Gasteiger partial charge on any atom is 0.119 e. The van der Waals surface area contributed by atoms with Crippen LogP contribution in [0.5, 0.6) is 5.75 Å². The molecule has 20 heavy (non-hydrogen) atoms. The standard InChI is InChI=1S/C16H26ClNO2/c1-5-16(3,4)11-18-9-13(19)10-20-14-6-7-15(17)12(2)8-14/h6-8,13,18-19H,5,9-11H2,1-4H3. The lowest BCUT2D eigenvalue weighted by Crippen LogP contribution is -2.36. The SMILES string of the molecule is CCC(C)(C)CNCC(O)COc1ccc(Cl)c(C)c1. The fourth-order valence-electron chi connectivity index (χ4n) is 1.66. The third kappa shape index (κ3) is 6.12. The van der Waals surface area contributed by atoms with Crippen molar-refractivity contribution in [2.24, 2.45) is 5.41 Å². The summed E-state index contributed by atoms with van der Waals surface area (Å²) in [4.78, 5) is 0. The molecule has 0 spiro atoms. The van der Waals surface area contributed by atoms with Crippen molar-refractivity contribution in [3.05, 3.63) is 28.8 Å². The van der Waals surface area contributed by atoms with E-state index in [2.05, 4.69) is 26.1 Å². The normalized spacial score (nSPS) is 13.3. The zero-order valence-electron chi connectivity index (χ0n) is 12.9. The maximum atomic E-state index is 9.89. The molecule has 0 aliphatic carbocycles. The highest BCUT2D eigenvalue weighted by molar-refractivity contribution is 6.31. The lowest BCUT2D eigenvalue weighted by atomic mass is 9.90. The topological polar surface area (TPSA) is 41.5 Å². The van der Waals surface area contributed by atoms with Gasteiger partial charge in [0.05, 0.1) is 0 Å². The summed E-state index contributed by atoms with van der Waals surface area (Å²) in [6.07, 6.45) is 0.593. The van der Waals surface area contributed by atoms with Crippen molar-refractivity contribution < 1.29 is 9.84 Å². The summed E-state index contributed by atoms with van der Waals surface area (Å²) in [6.45, 7) is 10.2. The fraction of sp³-hybridized carbons (Fsp3) is 0.625. The second kappa shape index (κ2) is 7.87. The first-order chi connectivity index (χ1) is 9.34. The minimum absolute atomic E-state index is 0.258. The Kier molecular flexibility index (Phi) is 6.80. The van der Waals surface area contributed by atoms with Gasteiger partial charge in [-0.2, -0.15) is 0 Å². The Bertz CT molecular complexity index is 421. The summed E-state index contributed by atoms with van der Waals surface area (Å²) in [5, 5.41) is 13.9. The molecule has 114 valence electrons. The number of hydrogen-bond donors (Lipinski definition) is 2. The van der Waals surface area contributed by atoms with Gasteiger partial charge in [0.2, 0.25) is 0 Å². The molecule has 1 rings (SSSR count). The van der Waals surface area contributed by atoms with Crippen LogP contribution in [0.1, 0.15) is 32.8 Å². The number of aliphatic hydroxyl groups excluding tert-OH is 1. The lowest BCUT2D eigenvalue weighted by molar-refractivity contribution is 0.103. The molecule has 1 atom stereocenters. The average Bonchev–Trinajstić information content (AvgIpc) is 2.40. The van der Waals surface area contributed by atoms with E-state index in [1.54, 1.807) is 6.07 Å². The number of aryl methyl sites for hydroxylation is 1. The van der Waals surface area contributed by atoms with Gasteiger partial charge >= 0.3 is 0 Å². The van der Waals surface area contributed by atoms with Gasteiger partial charge < -0.3 is 15.2 Å². The molecule has 0 aliphatic rings. The van der Waals surface area contributed by atoms with Gasteiger partial charge in [-0.1, -0.05) is 32.4 Å². The molecule has 0 amide bonds. The molecule has 0 saturated heterocycles. The van der Waals surface area contributed by atoms with E-state index in [1.807, 2.05) is 19.1 Å². The van der Waals surface area contributed by atoms with Crippen molar-refractivity contribution in [2.75, 3.05) is 19.7 Å². The van der Waals surface area contributed by atoms with Crippen molar-refractivity contribution in [1.29, 1.82) is 0 Å². The summed E-state index contributed by atoms with van der Waals surface area (Å²) >= 11 is 5.95. The molecule has 0 fully saturated rings. The number of nitrogens with one attached hydrogen (secondary N) is 1. The zero-order valence-corrected chi connectivity index (χ0v) is 13.6. The summed E-state index contributed by atoms with van der Waals surface area (Å²) in [7, 11) is 0. The van der Waals surface area contributed by atoms with Gasteiger partial charge in [0.25, 0.3) is 0 Å². The highest BCUT2D eigenvalue weighted by Gasteiger charge is 2.15. The Morgan fingerprint density at radius 1 is 1.40 bits per heavy atom. The Labute approximate surface area is 127 Å². The summed E-state index contributed by atoms with van der Waals surface area (Å²) in [6, 6.07) is 5.50. The third-order valence-electron chi connectivity index (χ3n) is 3.51. The van der Waals surface area contributed by atoms with Crippen LogP contribution in [0.25, 0.3) is 0 Å². The van der Waals surface area contributed by atoms with E-state index in [-0.39, 0.29) is 12.0 Å². The number of aliphatic hydroxyl groups is 1. The first-order valence-corrected chi connectivity index (χ1v) is 7.49. The van der Waals surface area contributed by atoms with Crippen molar-refractivity contribution in [1.82, 2.24) is 5.32 Å². The van der Waals surface area contributed by atoms with Crippen molar-refractivity contribution in [3.8, 4) is 5.75 Å². The Hall–Kier alpha value is -0.770. The smallest absolute Gasteiger partial charge is 0.119 e. The van der Waals surface area contributed by atoms with E-state index in [4.69, 9.17) is 16.3 Å². The van der Waals surface area contributed by atoms with Crippen LogP contribution >= 0.6 is 11.6 Å². The van der Waals surface area contributed by atoms with Crippen LogP contribution in [0.4, 0.5) is 0 Å². The van der Waals surface area contributed by atoms with E-state index in [0.717, 1.165) is 29.3 Å². The molecule has 0 radical (unpaired) electrons. The third-order valence-corrected chi connectivity index (χ3v) is 3.94. The molecule has 2 N–H and O–H groups in total. The Morgan fingerprint density at radius 3 is 2.70 bits per heavy atom. The Morgan fingerprint density at radius 2 is 2.10 bits per heavy atom. The molecular weight excluding hydrogens is 274 g/mol. The first-order valence-electron chi connectivity index (χ1n) is 7.12. The monoisotopic (exact) mass is 299 g/mol. The summed E-state index contributed by atoms with van der Waals surface area (Å²) < 4.78 is 5.56. The van der Waals surface area contributed by atoms with Crippen LogP contribution in [0, 0.1) is 12.3 Å². The van der Waals surface area contributed by atoms with Crippen molar-refractivity contribution >= 4 is 11.6 Å². The van der Waals surface area contributed by atoms with Crippen LogP contribution in [0.3, 0.4) is 0 Å². The molecule has 0 bridgehead atoms. The quantitative estimate of drug-likeness (QED) is 0.773. The van der Waals surface area contributed by atoms with Crippen LogP contribution in [-0.2, 0) is 0 Å². The predicted octanol–water partition coefficient (Wildman–Crippen LogP) is 3.41. The molecule has 0 heterocycles. The molecule has 3 nitrogen and oxygen atoms in total. The van der Waals surface area contributed by atoms with Crippen LogP contribution in [0.2, 0.25) is 5.02 Å². The predicted molar refractivity (Wildman–Crippen MR) is 84.6 cm³/mol. The number of ether oxygens (including phenoxy) is 1. The molecule has 1 unspecified atom stereocenters. The maximum absolute atomic E-state index is 9.89.